The summed E-state index contributed by atoms with van der Waals surface area (Å²) in [6, 6.07) is 6.14. The van der Waals surface area contributed by atoms with Crippen LogP contribution in [0.15, 0.2) is 18.2 Å². The second-order valence-electron chi connectivity index (χ2n) is 4.72. The lowest BCUT2D eigenvalue weighted by atomic mass is 10.0. The zero-order valence-corrected chi connectivity index (χ0v) is 12.2. The molecule has 1 rings (SSSR count). The minimum atomic E-state index is -0.176. The Balaban J connectivity index is 2.60. The number of hydrogen-bond acceptors (Lipinski definition) is 4. The van der Waals surface area contributed by atoms with Gasteiger partial charge in [-0.3, -0.25) is 4.79 Å². The van der Waals surface area contributed by atoms with Crippen molar-refractivity contribution in [2.45, 2.75) is 32.6 Å². The molecule has 0 saturated carbocycles. The summed E-state index contributed by atoms with van der Waals surface area (Å²) in [7, 11) is 3.06. The summed E-state index contributed by atoms with van der Waals surface area (Å²) in [4.78, 5) is 11.0. The predicted octanol–water partition coefficient (Wildman–Crippen LogP) is 3.18. The number of rotatable bonds is 7. The molecule has 19 heavy (non-hydrogen) atoms. The van der Waals surface area contributed by atoms with Crippen LogP contribution in [0.4, 0.5) is 5.69 Å². The topological polar surface area (TPSA) is 47.6 Å². The minimum Gasteiger partial charge on any atom is -0.495 e. The van der Waals surface area contributed by atoms with Gasteiger partial charge in [-0.1, -0.05) is 19.9 Å². The van der Waals surface area contributed by atoms with Gasteiger partial charge >= 0.3 is 5.97 Å². The molecule has 4 heteroatoms. The number of nitrogens with one attached hydrogen (secondary N) is 1. The molecule has 0 fully saturated rings. The van der Waals surface area contributed by atoms with E-state index in [4.69, 9.17) is 4.74 Å². The van der Waals surface area contributed by atoms with E-state index in [1.807, 2.05) is 6.07 Å². The number of hydrogen-bond donors (Lipinski definition) is 1. The van der Waals surface area contributed by atoms with Crippen LogP contribution in [0.2, 0.25) is 0 Å². The third kappa shape index (κ3) is 4.81. The van der Waals surface area contributed by atoms with Crippen molar-refractivity contribution in [1.82, 2.24) is 0 Å². The molecule has 1 N–H and O–H groups in total. The molecule has 0 spiro atoms. The highest BCUT2D eigenvalue weighted by atomic mass is 16.5. The van der Waals surface area contributed by atoms with E-state index in [9.17, 15) is 4.79 Å². The Morgan fingerprint density at radius 2 is 2.05 bits per heavy atom. The van der Waals surface area contributed by atoms with Crippen molar-refractivity contribution in [1.29, 1.82) is 0 Å². The van der Waals surface area contributed by atoms with E-state index in [0.717, 1.165) is 17.9 Å². The summed E-state index contributed by atoms with van der Waals surface area (Å²) in [5, 5.41) is 3.31. The molecule has 0 atom stereocenters. The first-order valence-electron chi connectivity index (χ1n) is 6.57. The van der Waals surface area contributed by atoms with Crippen molar-refractivity contribution in [2.24, 2.45) is 0 Å². The number of methoxy groups -OCH3 is 2. The average Bonchev–Trinajstić information content (AvgIpc) is 2.42. The quantitative estimate of drug-likeness (QED) is 0.607. The van der Waals surface area contributed by atoms with Gasteiger partial charge in [0.1, 0.15) is 5.75 Å². The maximum absolute atomic E-state index is 11.0. The van der Waals surface area contributed by atoms with Crippen LogP contribution < -0.4 is 10.1 Å². The van der Waals surface area contributed by atoms with Gasteiger partial charge in [0.05, 0.1) is 19.9 Å². The molecule has 0 bridgehead atoms. The third-order valence-corrected chi connectivity index (χ3v) is 2.99. The second kappa shape index (κ2) is 7.67. The zero-order chi connectivity index (χ0) is 14.3. The standard InChI is InChI=1S/C15H23NO3/c1-11(2)12-7-8-14(18-3)13(10-12)16-9-5-6-15(17)19-4/h7-8,10-11,16H,5-6,9H2,1-4H3. The van der Waals surface area contributed by atoms with E-state index >= 15 is 0 Å². The van der Waals surface area contributed by atoms with Crippen LogP contribution in [0.5, 0.6) is 5.75 Å². The number of carbonyl (C=O) groups is 1. The van der Waals surface area contributed by atoms with Gasteiger partial charge in [0.2, 0.25) is 0 Å². The molecular weight excluding hydrogens is 242 g/mol. The van der Waals surface area contributed by atoms with Crippen LogP contribution in [-0.2, 0) is 9.53 Å². The second-order valence-corrected chi connectivity index (χ2v) is 4.72. The van der Waals surface area contributed by atoms with Crippen LogP contribution in [0.3, 0.4) is 0 Å². The van der Waals surface area contributed by atoms with Crippen LogP contribution in [-0.4, -0.2) is 26.7 Å². The Hall–Kier alpha value is -1.71. The lowest BCUT2D eigenvalue weighted by Gasteiger charge is -2.14. The van der Waals surface area contributed by atoms with Crippen LogP contribution >= 0.6 is 0 Å². The zero-order valence-electron chi connectivity index (χ0n) is 12.2. The Morgan fingerprint density at radius 1 is 1.32 bits per heavy atom. The number of ether oxygens (including phenoxy) is 2. The fraction of sp³-hybridized carbons (Fsp3) is 0.533. The summed E-state index contributed by atoms with van der Waals surface area (Å²) < 4.78 is 9.93. The SMILES string of the molecule is COC(=O)CCCNc1cc(C(C)C)ccc1OC. The molecule has 4 nitrogen and oxygen atoms in total. The average molecular weight is 265 g/mol. The first-order chi connectivity index (χ1) is 9.08. The summed E-state index contributed by atoms with van der Waals surface area (Å²) in [6.07, 6.45) is 1.16. The van der Waals surface area contributed by atoms with Crippen molar-refractivity contribution >= 4 is 11.7 Å². The van der Waals surface area contributed by atoms with E-state index in [-0.39, 0.29) is 5.97 Å². The number of carbonyl (C=O) groups excluding carboxylic acids is 1. The molecule has 0 aliphatic carbocycles. The van der Waals surface area contributed by atoms with E-state index in [1.165, 1.54) is 12.7 Å². The highest BCUT2D eigenvalue weighted by Gasteiger charge is 2.07. The number of anilines is 1. The number of esters is 1. The monoisotopic (exact) mass is 265 g/mol. The van der Waals surface area contributed by atoms with Gasteiger partial charge in [0, 0.05) is 13.0 Å². The largest absolute Gasteiger partial charge is 0.495 e. The van der Waals surface area contributed by atoms with Gasteiger partial charge in [0.25, 0.3) is 0 Å². The lowest BCUT2D eigenvalue weighted by Crippen LogP contribution is -2.07. The fourth-order valence-corrected chi connectivity index (χ4v) is 1.78. The van der Waals surface area contributed by atoms with E-state index in [0.29, 0.717) is 18.9 Å². The van der Waals surface area contributed by atoms with Crippen molar-refractivity contribution in [2.75, 3.05) is 26.1 Å². The smallest absolute Gasteiger partial charge is 0.305 e. The van der Waals surface area contributed by atoms with Crippen molar-refractivity contribution in [3.05, 3.63) is 23.8 Å². The van der Waals surface area contributed by atoms with Crippen LogP contribution in [0, 0.1) is 0 Å². The molecule has 0 saturated heterocycles. The highest BCUT2D eigenvalue weighted by Crippen LogP contribution is 2.28. The molecule has 0 heterocycles. The number of benzene rings is 1. The van der Waals surface area contributed by atoms with Gasteiger partial charge in [-0.2, -0.15) is 0 Å². The summed E-state index contributed by atoms with van der Waals surface area (Å²) in [5.74, 6) is 1.12. The Labute approximate surface area is 115 Å². The highest BCUT2D eigenvalue weighted by molar-refractivity contribution is 5.69. The first-order valence-corrected chi connectivity index (χ1v) is 6.57. The lowest BCUT2D eigenvalue weighted by molar-refractivity contribution is -0.140. The molecule has 1 aromatic rings. The van der Waals surface area contributed by atoms with E-state index in [2.05, 4.69) is 36.0 Å². The molecule has 0 aliphatic heterocycles. The van der Waals surface area contributed by atoms with Crippen LogP contribution in [0.1, 0.15) is 38.2 Å². The molecule has 106 valence electrons. The van der Waals surface area contributed by atoms with Gasteiger partial charge in [-0.15, -0.1) is 0 Å². The van der Waals surface area contributed by atoms with Crippen molar-refractivity contribution in [3.8, 4) is 5.75 Å². The third-order valence-electron chi connectivity index (χ3n) is 2.99. The molecule has 0 radical (unpaired) electrons. The molecule has 0 unspecified atom stereocenters. The van der Waals surface area contributed by atoms with Crippen molar-refractivity contribution < 1.29 is 14.3 Å². The Morgan fingerprint density at radius 3 is 2.63 bits per heavy atom. The van der Waals surface area contributed by atoms with E-state index in [1.54, 1.807) is 7.11 Å². The summed E-state index contributed by atoms with van der Waals surface area (Å²) in [6.45, 7) is 5.03. The van der Waals surface area contributed by atoms with Gasteiger partial charge in [0.15, 0.2) is 0 Å². The Bertz CT molecular complexity index is 416. The fourth-order valence-electron chi connectivity index (χ4n) is 1.78. The maximum Gasteiger partial charge on any atom is 0.305 e. The van der Waals surface area contributed by atoms with E-state index < -0.39 is 0 Å². The summed E-state index contributed by atoms with van der Waals surface area (Å²) in [5.41, 5.74) is 2.23. The van der Waals surface area contributed by atoms with Gasteiger partial charge < -0.3 is 14.8 Å². The van der Waals surface area contributed by atoms with Crippen LogP contribution in [0.25, 0.3) is 0 Å². The maximum atomic E-state index is 11.0. The van der Waals surface area contributed by atoms with Crippen molar-refractivity contribution in [3.63, 3.8) is 0 Å². The van der Waals surface area contributed by atoms with Gasteiger partial charge in [-0.25, -0.2) is 0 Å². The summed E-state index contributed by atoms with van der Waals surface area (Å²) >= 11 is 0. The Kier molecular flexibility index (Phi) is 6.19. The molecule has 0 amide bonds. The predicted molar refractivity (Wildman–Crippen MR) is 76.8 cm³/mol. The minimum absolute atomic E-state index is 0.176. The first kappa shape index (κ1) is 15.3. The molecule has 0 aliphatic rings. The molecular formula is C15H23NO3. The molecule has 1 aromatic carbocycles. The molecule has 0 aromatic heterocycles. The van der Waals surface area contributed by atoms with Gasteiger partial charge in [-0.05, 0) is 30.0 Å². The normalized spacial score (nSPS) is 10.4.